The van der Waals surface area contributed by atoms with Gasteiger partial charge >= 0.3 is 0 Å². The Kier molecular flexibility index (Phi) is 3.49. The highest BCUT2D eigenvalue weighted by Gasteiger charge is 2.29. The molecular weight excluding hydrogens is 250 g/mol. The Hall–Kier alpha value is -1.81. The molecule has 0 radical (unpaired) electrons. The lowest BCUT2D eigenvalue weighted by molar-refractivity contribution is 0.415. The average Bonchev–Trinajstić information content (AvgIpc) is 2.87. The summed E-state index contributed by atoms with van der Waals surface area (Å²) in [5.74, 6) is 2.51. The number of ether oxygens (including phenoxy) is 1. The molecule has 106 valence electrons. The van der Waals surface area contributed by atoms with Crippen LogP contribution in [0.5, 0.6) is 5.75 Å². The van der Waals surface area contributed by atoms with E-state index in [4.69, 9.17) is 10.5 Å². The molecule has 1 aliphatic rings. The minimum atomic E-state index is 0.490. The van der Waals surface area contributed by atoms with E-state index in [1.807, 2.05) is 18.3 Å². The van der Waals surface area contributed by atoms with Gasteiger partial charge in [0.25, 0.3) is 0 Å². The molecule has 2 heterocycles. The second-order valence-electron chi connectivity index (χ2n) is 5.56. The molecule has 20 heavy (non-hydrogen) atoms. The summed E-state index contributed by atoms with van der Waals surface area (Å²) in [5.41, 5.74) is 5.82. The van der Waals surface area contributed by atoms with Crippen molar-refractivity contribution in [2.24, 2.45) is 11.7 Å². The number of rotatable bonds is 3. The number of nitrogens with two attached hydrogens (primary N) is 1. The largest absolute Gasteiger partial charge is 0.497 e. The van der Waals surface area contributed by atoms with Crippen LogP contribution in [0.15, 0.2) is 30.5 Å². The molecule has 0 bridgehead atoms. The second-order valence-corrected chi connectivity index (χ2v) is 5.56. The Morgan fingerprint density at radius 2 is 2.25 bits per heavy atom. The number of nitrogens with zero attached hydrogens (tertiary/aromatic N) is 2. The molecule has 0 spiro atoms. The summed E-state index contributed by atoms with van der Waals surface area (Å²) in [4.78, 5) is 6.99. The number of methoxy groups -OCH3 is 1. The maximum atomic E-state index is 5.82. The van der Waals surface area contributed by atoms with Crippen molar-refractivity contribution in [1.82, 2.24) is 4.98 Å². The highest BCUT2D eigenvalue weighted by Crippen LogP contribution is 2.33. The first kappa shape index (κ1) is 13.2. The monoisotopic (exact) mass is 271 g/mol. The van der Waals surface area contributed by atoms with E-state index in [9.17, 15) is 0 Å². The van der Waals surface area contributed by atoms with Gasteiger partial charge in [-0.15, -0.1) is 0 Å². The molecule has 1 saturated heterocycles. The fraction of sp³-hybridized carbons (Fsp3) is 0.438. The van der Waals surface area contributed by atoms with Crippen LogP contribution in [0.2, 0.25) is 0 Å². The minimum Gasteiger partial charge on any atom is -0.497 e. The van der Waals surface area contributed by atoms with E-state index in [1.165, 1.54) is 5.39 Å². The molecule has 0 aliphatic carbocycles. The fourth-order valence-corrected chi connectivity index (χ4v) is 3.10. The molecule has 3 rings (SSSR count). The third-order valence-electron chi connectivity index (χ3n) is 4.22. The number of pyridine rings is 1. The molecule has 4 nitrogen and oxygen atoms in total. The Morgan fingerprint density at radius 1 is 1.40 bits per heavy atom. The summed E-state index contributed by atoms with van der Waals surface area (Å²) in [6.07, 6.45) is 3.02. The fourth-order valence-electron chi connectivity index (χ4n) is 3.10. The number of fused-ring (bicyclic) bond motifs is 1. The quantitative estimate of drug-likeness (QED) is 0.931. The van der Waals surface area contributed by atoms with E-state index in [2.05, 4.69) is 28.9 Å². The summed E-state index contributed by atoms with van der Waals surface area (Å²) in [6, 6.07) is 8.67. The first-order chi connectivity index (χ1) is 9.72. The zero-order valence-electron chi connectivity index (χ0n) is 12.0. The van der Waals surface area contributed by atoms with Crippen molar-refractivity contribution in [3.8, 4) is 5.75 Å². The van der Waals surface area contributed by atoms with Crippen LogP contribution in [-0.2, 0) is 0 Å². The molecule has 2 N–H and O–H groups in total. The van der Waals surface area contributed by atoms with Crippen molar-refractivity contribution in [2.45, 2.75) is 19.4 Å². The van der Waals surface area contributed by atoms with Crippen LogP contribution < -0.4 is 15.4 Å². The van der Waals surface area contributed by atoms with Crippen LogP contribution in [0.1, 0.15) is 13.3 Å². The lowest BCUT2D eigenvalue weighted by atomic mass is 10.1. The normalized spacial score (nSPS) is 22.4. The SMILES string of the molecule is COc1ccc2c(N3CC(CN)CC3C)nccc2c1. The van der Waals surface area contributed by atoms with E-state index >= 15 is 0 Å². The van der Waals surface area contributed by atoms with Gasteiger partial charge in [-0.05, 0) is 55.5 Å². The third kappa shape index (κ3) is 2.20. The molecular formula is C16H21N3O. The third-order valence-corrected chi connectivity index (χ3v) is 4.22. The summed E-state index contributed by atoms with van der Waals surface area (Å²) in [6.45, 7) is 3.99. The molecule has 4 heteroatoms. The summed E-state index contributed by atoms with van der Waals surface area (Å²) in [7, 11) is 1.69. The van der Waals surface area contributed by atoms with E-state index in [0.29, 0.717) is 12.0 Å². The predicted molar refractivity (Wildman–Crippen MR) is 82.3 cm³/mol. The highest BCUT2D eigenvalue weighted by atomic mass is 16.5. The van der Waals surface area contributed by atoms with Crippen LogP contribution in [0.25, 0.3) is 10.8 Å². The van der Waals surface area contributed by atoms with Crippen molar-refractivity contribution in [3.05, 3.63) is 30.5 Å². The number of benzene rings is 1. The number of hydrogen-bond donors (Lipinski definition) is 1. The van der Waals surface area contributed by atoms with Crippen molar-refractivity contribution < 1.29 is 4.74 Å². The molecule has 0 saturated carbocycles. The summed E-state index contributed by atoms with van der Waals surface area (Å²) in [5, 5.41) is 2.34. The predicted octanol–water partition coefficient (Wildman–Crippen LogP) is 2.42. The van der Waals surface area contributed by atoms with Gasteiger partial charge in [0.15, 0.2) is 0 Å². The highest BCUT2D eigenvalue weighted by molar-refractivity contribution is 5.93. The van der Waals surface area contributed by atoms with Crippen LogP contribution in [0, 0.1) is 5.92 Å². The topological polar surface area (TPSA) is 51.4 Å². The van der Waals surface area contributed by atoms with Crippen molar-refractivity contribution in [1.29, 1.82) is 0 Å². The number of aromatic nitrogens is 1. The van der Waals surface area contributed by atoms with Crippen molar-refractivity contribution >= 4 is 16.6 Å². The van der Waals surface area contributed by atoms with E-state index in [0.717, 1.165) is 36.5 Å². The molecule has 1 aromatic carbocycles. The maximum Gasteiger partial charge on any atom is 0.136 e. The van der Waals surface area contributed by atoms with Crippen LogP contribution in [-0.4, -0.2) is 31.2 Å². The minimum absolute atomic E-state index is 0.490. The first-order valence-corrected chi connectivity index (χ1v) is 7.12. The Morgan fingerprint density at radius 3 is 2.95 bits per heavy atom. The average molecular weight is 271 g/mol. The second kappa shape index (κ2) is 5.29. The van der Waals surface area contributed by atoms with Crippen molar-refractivity contribution in [3.63, 3.8) is 0 Å². The number of anilines is 1. The molecule has 0 amide bonds. The zero-order valence-corrected chi connectivity index (χ0v) is 12.0. The van der Waals surface area contributed by atoms with Gasteiger partial charge in [0, 0.05) is 24.2 Å². The van der Waals surface area contributed by atoms with Crippen LogP contribution in [0.4, 0.5) is 5.82 Å². The van der Waals surface area contributed by atoms with Gasteiger partial charge in [-0.2, -0.15) is 0 Å². The summed E-state index contributed by atoms with van der Waals surface area (Å²) < 4.78 is 5.29. The lowest BCUT2D eigenvalue weighted by Gasteiger charge is -2.24. The molecule has 1 aromatic heterocycles. The van der Waals surface area contributed by atoms with Gasteiger partial charge in [0.2, 0.25) is 0 Å². The molecule has 2 unspecified atom stereocenters. The maximum absolute atomic E-state index is 5.82. The van der Waals surface area contributed by atoms with Gasteiger partial charge in [0.1, 0.15) is 11.6 Å². The van der Waals surface area contributed by atoms with Gasteiger partial charge in [-0.25, -0.2) is 4.98 Å². The van der Waals surface area contributed by atoms with Gasteiger partial charge < -0.3 is 15.4 Å². The van der Waals surface area contributed by atoms with Gasteiger partial charge in [-0.3, -0.25) is 0 Å². The zero-order chi connectivity index (χ0) is 14.1. The molecule has 1 aliphatic heterocycles. The molecule has 1 fully saturated rings. The van der Waals surface area contributed by atoms with Gasteiger partial charge in [-0.1, -0.05) is 0 Å². The smallest absolute Gasteiger partial charge is 0.136 e. The first-order valence-electron chi connectivity index (χ1n) is 7.12. The molecule has 2 aromatic rings. The Balaban J connectivity index is 2.03. The van der Waals surface area contributed by atoms with E-state index in [-0.39, 0.29) is 0 Å². The van der Waals surface area contributed by atoms with E-state index < -0.39 is 0 Å². The van der Waals surface area contributed by atoms with Crippen LogP contribution >= 0.6 is 0 Å². The summed E-state index contributed by atoms with van der Waals surface area (Å²) >= 11 is 0. The number of hydrogen-bond acceptors (Lipinski definition) is 4. The lowest BCUT2D eigenvalue weighted by Crippen LogP contribution is -2.28. The van der Waals surface area contributed by atoms with Crippen LogP contribution in [0.3, 0.4) is 0 Å². The Labute approximate surface area is 119 Å². The van der Waals surface area contributed by atoms with E-state index in [1.54, 1.807) is 7.11 Å². The standard InChI is InChI=1S/C16H21N3O/c1-11-7-12(9-17)10-19(11)16-15-4-3-14(20-2)8-13(15)5-6-18-16/h3-6,8,11-12H,7,9-10,17H2,1-2H3. The van der Waals surface area contributed by atoms with Crippen molar-refractivity contribution in [2.75, 3.05) is 25.1 Å². The van der Waals surface area contributed by atoms with Gasteiger partial charge in [0.05, 0.1) is 7.11 Å². The molecule has 2 atom stereocenters. The Bertz CT molecular complexity index is 614.